The van der Waals surface area contributed by atoms with E-state index in [1.54, 1.807) is 62.3 Å². The number of carbonyl (C=O) groups is 1. The number of hydrogen-bond acceptors (Lipinski definition) is 2. The van der Waals surface area contributed by atoms with Crippen molar-refractivity contribution in [3.8, 4) is 0 Å². The van der Waals surface area contributed by atoms with Gasteiger partial charge in [-0.2, -0.15) is 0 Å². The van der Waals surface area contributed by atoms with Crippen LogP contribution in [0, 0.1) is 58.2 Å². The first-order valence-corrected chi connectivity index (χ1v) is 13.9. The predicted octanol–water partition coefficient (Wildman–Crippen LogP) is 8.42. The van der Waals surface area contributed by atoms with Crippen molar-refractivity contribution in [1.29, 1.82) is 0 Å². The maximum atomic E-state index is 15.1. The highest BCUT2D eigenvalue weighted by molar-refractivity contribution is 7.94. The summed E-state index contributed by atoms with van der Waals surface area (Å²) in [6.45, 7) is 14.2. The first-order valence-electron chi connectivity index (χ1n) is 11.7. The molecular weight excluding hydrogens is 599 g/mol. The number of carbonyl (C=O) groups excluding carboxylic acids is 1. The van der Waals surface area contributed by atoms with Crippen LogP contribution in [0.4, 0.5) is 48.7 Å². The summed E-state index contributed by atoms with van der Waals surface area (Å²) in [4.78, 5) is 14.2. The van der Waals surface area contributed by atoms with Gasteiger partial charge in [0.25, 0.3) is 0 Å². The van der Waals surface area contributed by atoms with Crippen LogP contribution in [0.3, 0.4) is 0 Å². The van der Waals surface area contributed by atoms with E-state index in [0.717, 1.165) is 0 Å². The molecule has 0 bridgehead atoms. The van der Waals surface area contributed by atoms with Gasteiger partial charge in [-0.1, -0.05) is 10.9 Å². The average molecular weight is 627 g/mol. The molecule has 0 aliphatic rings. The molecule has 0 atom stereocenters. The second kappa shape index (κ2) is 10.4. The summed E-state index contributed by atoms with van der Waals surface area (Å²) in [5.41, 5.74) is -6.03. The van der Waals surface area contributed by atoms with Crippen LogP contribution in [0.1, 0.15) is 62.3 Å². The number of halogens is 11. The molecule has 0 saturated carbocycles. The molecular formula is C25H27BClF10O2P. The molecule has 0 unspecified atom stereocenters. The Morgan fingerprint density at radius 1 is 0.525 bits per heavy atom. The summed E-state index contributed by atoms with van der Waals surface area (Å²) < 4.78 is 150. The lowest BCUT2D eigenvalue weighted by Gasteiger charge is -2.53. The second-order valence-electron chi connectivity index (χ2n) is 12.2. The van der Waals surface area contributed by atoms with Crippen LogP contribution in [-0.4, -0.2) is 26.9 Å². The van der Waals surface area contributed by atoms with Crippen LogP contribution in [-0.2, 0) is 4.65 Å². The third-order valence-electron chi connectivity index (χ3n) is 6.79. The van der Waals surface area contributed by atoms with Gasteiger partial charge in [-0.25, -0.2) is 48.7 Å². The molecule has 0 radical (unpaired) electrons. The van der Waals surface area contributed by atoms with E-state index in [9.17, 15) is 31.1 Å². The van der Waals surface area contributed by atoms with Crippen molar-refractivity contribution in [2.24, 2.45) is 0 Å². The maximum absolute atomic E-state index is 15.1. The van der Waals surface area contributed by atoms with E-state index in [-0.39, 0.29) is 0 Å². The van der Waals surface area contributed by atoms with Crippen molar-refractivity contribution in [3.05, 3.63) is 58.2 Å². The monoisotopic (exact) mass is 626 g/mol. The molecule has 0 aliphatic heterocycles. The lowest BCUT2D eigenvalue weighted by atomic mass is 9.52. The van der Waals surface area contributed by atoms with Crippen molar-refractivity contribution in [2.75, 3.05) is 0 Å². The topological polar surface area (TPSA) is 26.3 Å². The van der Waals surface area contributed by atoms with E-state index in [1.807, 2.05) is 0 Å². The average Bonchev–Trinajstić information content (AvgIpc) is 2.76. The Hall–Kier alpha value is -2.01. The van der Waals surface area contributed by atoms with Crippen molar-refractivity contribution in [1.82, 2.24) is 0 Å². The maximum Gasteiger partial charge on any atom is 0.406 e. The summed E-state index contributed by atoms with van der Waals surface area (Å²) in [7, 11) is -3.55. The van der Waals surface area contributed by atoms with Gasteiger partial charge in [0.1, 0.15) is 30.5 Å². The van der Waals surface area contributed by atoms with E-state index in [1.165, 1.54) is 0 Å². The third kappa shape index (κ3) is 4.78. The summed E-state index contributed by atoms with van der Waals surface area (Å²) in [5, 5.41) is -3.25. The first kappa shape index (κ1) is 34.2. The molecule has 224 valence electrons. The molecule has 0 saturated heterocycles. The van der Waals surface area contributed by atoms with Gasteiger partial charge in [0.2, 0.25) is 0 Å². The largest absolute Gasteiger partial charge is 0.637 e. The minimum atomic E-state index is -5.23. The predicted molar refractivity (Wildman–Crippen MR) is 136 cm³/mol. The van der Waals surface area contributed by atoms with Crippen LogP contribution in [0.15, 0.2) is 0 Å². The molecule has 0 N–H and O–H groups in total. The van der Waals surface area contributed by atoms with Crippen molar-refractivity contribution >= 4 is 41.1 Å². The summed E-state index contributed by atoms with van der Waals surface area (Å²) >= 11 is 6.22. The minimum Gasteiger partial charge on any atom is -0.637 e. The van der Waals surface area contributed by atoms with Crippen LogP contribution in [0.5, 0.6) is 0 Å². The van der Waals surface area contributed by atoms with Gasteiger partial charge >= 0.3 is 11.5 Å². The Morgan fingerprint density at radius 2 is 0.725 bits per heavy atom. The number of benzene rings is 2. The standard InChI is InChI=1S/C25H27BClF10O2P/c1-23(2,3)40(24(4,5)6,25(7,8)9)22(38)39-26(27,10-12(28)16(32)20(36)17(33)13(10)29)11-14(30)18(34)21(37)19(35)15(11)31/h1-9H3. The van der Waals surface area contributed by atoms with E-state index < -0.39 is 103 Å². The Balaban J connectivity index is 3.24. The van der Waals surface area contributed by atoms with Crippen molar-refractivity contribution < 1.29 is 53.4 Å². The highest BCUT2D eigenvalue weighted by Crippen LogP contribution is 2.84. The van der Waals surface area contributed by atoms with Gasteiger partial charge in [0.05, 0.1) is 15.5 Å². The fourth-order valence-electron chi connectivity index (χ4n) is 6.22. The van der Waals surface area contributed by atoms with Crippen LogP contribution >= 0.6 is 18.7 Å². The Morgan fingerprint density at radius 3 is 0.925 bits per heavy atom. The van der Waals surface area contributed by atoms with Gasteiger partial charge in [0.15, 0.2) is 34.9 Å². The van der Waals surface area contributed by atoms with Crippen LogP contribution in [0.2, 0.25) is 0 Å². The van der Waals surface area contributed by atoms with Crippen molar-refractivity contribution in [3.63, 3.8) is 0 Å². The molecule has 0 heterocycles. The lowest BCUT2D eigenvalue weighted by Crippen LogP contribution is -2.64. The molecule has 0 aromatic heterocycles. The smallest absolute Gasteiger partial charge is 0.406 e. The molecule has 40 heavy (non-hydrogen) atoms. The van der Waals surface area contributed by atoms with Gasteiger partial charge in [-0.15, -0.1) is 0 Å². The summed E-state index contributed by atoms with van der Waals surface area (Å²) in [6.07, 6.45) is 0. The van der Waals surface area contributed by atoms with E-state index >= 15 is 17.6 Å². The summed E-state index contributed by atoms with van der Waals surface area (Å²) in [5.74, 6) is -32.5. The number of rotatable bonds is 4. The van der Waals surface area contributed by atoms with E-state index in [0.29, 0.717) is 0 Å². The molecule has 0 amide bonds. The molecule has 2 rings (SSSR count). The number of hydrogen-bond donors (Lipinski definition) is 0. The van der Waals surface area contributed by atoms with Crippen LogP contribution < -0.4 is 10.9 Å². The SMILES string of the molecule is CC(C)(C)[P+](C(=O)O[B-](Cl)(c1c(F)c(F)c(F)c(F)c1F)c1c(F)c(F)c(F)c(F)c1F)(C(C)(C)C)C(C)(C)C. The fourth-order valence-corrected chi connectivity index (χ4v) is 14.7. The molecule has 2 nitrogen and oxygen atoms in total. The van der Waals surface area contributed by atoms with E-state index in [2.05, 4.69) is 0 Å². The zero-order chi connectivity index (χ0) is 31.7. The normalized spacial score (nSPS) is 13.6. The van der Waals surface area contributed by atoms with Gasteiger partial charge in [-0.3, -0.25) is 0 Å². The molecule has 15 heteroatoms. The van der Waals surface area contributed by atoms with Gasteiger partial charge in [-0.05, 0) is 62.3 Å². The van der Waals surface area contributed by atoms with Crippen LogP contribution in [0.25, 0.3) is 0 Å². The Labute approximate surface area is 230 Å². The highest BCUT2D eigenvalue weighted by atomic mass is 35.5. The first-order chi connectivity index (χ1) is 17.7. The van der Waals surface area contributed by atoms with Crippen molar-refractivity contribution in [2.45, 2.75) is 77.8 Å². The molecule has 0 fully saturated rings. The fraction of sp³-hybridized carbons (Fsp3) is 0.480. The quantitative estimate of drug-likeness (QED) is 0.112. The zero-order valence-corrected chi connectivity index (χ0v) is 24.6. The zero-order valence-electron chi connectivity index (χ0n) is 23.0. The second-order valence-corrected chi connectivity index (χ2v) is 18.6. The molecule has 2 aromatic carbocycles. The highest BCUT2D eigenvalue weighted by Gasteiger charge is 2.71. The third-order valence-corrected chi connectivity index (χ3v) is 14.0. The minimum absolute atomic E-state index is 1.08. The lowest BCUT2D eigenvalue weighted by molar-refractivity contribution is 0.223. The molecule has 2 aromatic rings. The van der Waals surface area contributed by atoms with Gasteiger partial charge < -0.3 is 16.1 Å². The Bertz CT molecular complexity index is 1220. The van der Waals surface area contributed by atoms with Gasteiger partial charge in [0, 0.05) is 0 Å². The van der Waals surface area contributed by atoms with E-state index in [4.69, 9.17) is 16.1 Å². The Kier molecular flexibility index (Phi) is 8.86. The molecule has 0 aliphatic carbocycles. The molecule has 0 spiro atoms. The summed E-state index contributed by atoms with van der Waals surface area (Å²) in [6, 6.07) is 0.